The van der Waals surface area contributed by atoms with Crippen molar-refractivity contribution in [3.63, 3.8) is 0 Å². The number of benzene rings is 1. The average molecular weight is 320 g/mol. The van der Waals surface area contributed by atoms with Gasteiger partial charge in [-0.05, 0) is 24.8 Å². The number of carbonyl (C=O) groups is 2. The molecule has 0 aliphatic carbocycles. The lowest BCUT2D eigenvalue weighted by Crippen LogP contribution is -2.49. The maximum atomic E-state index is 12.7. The molecule has 0 bridgehead atoms. The van der Waals surface area contributed by atoms with Crippen LogP contribution in [0.4, 0.5) is 0 Å². The summed E-state index contributed by atoms with van der Waals surface area (Å²) in [5.74, 6) is -1.58. The molecule has 0 saturated carbocycles. The van der Waals surface area contributed by atoms with Gasteiger partial charge in [0.15, 0.2) is 5.41 Å². The van der Waals surface area contributed by atoms with E-state index in [-0.39, 0.29) is 12.5 Å². The van der Waals surface area contributed by atoms with Crippen LogP contribution in [0.25, 0.3) is 0 Å². The van der Waals surface area contributed by atoms with Gasteiger partial charge in [0.25, 0.3) is 0 Å². The largest absolute Gasteiger partial charge is 0.468 e. The molecule has 2 unspecified atom stereocenters. The molecular weight excluding hydrogens is 296 g/mol. The van der Waals surface area contributed by atoms with Gasteiger partial charge in [0.05, 0.1) is 20.3 Å². The first kappa shape index (κ1) is 17.5. The van der Waals surface area contributed by atoms with Crippen LogP contribution in [-0.2, 0) is 23.8 Å². The lowest BCUT2D eigenvalue weighted by Gasteiger charge is -2.38. The summed E-state index contributed by atoms with van der Waals surface area (Å²) in [6, 6.07) is 9.53. The second-order valence-corrected chi connectivity index (χ2v) is 5.75. The van der Waals surface area contributed by atoms with Gasteiger partial charge in [-0.25, -0.2) is 0 Å². The molecule has 2 atom stereocenters. The minimum atomic E-state index is -1.40. The Morgan fingerprint density at radius 1 is 1.22 bits per heavy atom. The van der Waals surface area contributed by atoms with Crippen molar-refractivity contribution < 1.29 is 23.8 Å². The van der Waals surface area contributed by atoms with Crippen LogP contribution in [0, 0.1) is 5.41 Å². The lowest BCUT2D eigenvalue weighted by molar-refractivity contribution is -0.174. The summed E-state index contributed by atoms with van der Waals surface area (Å²) >= 11 is 0. The summed E-state index contributed by atoms with van der Waals surface area (Å²) in [7, 11) is 2.60. The van der Waals surface area contributed by atoms with Gasteiger partial charge < -0.3 is 14.2 Å². The first-order chi connectivity index (χ1) is 11.1. The van der Waals surface area contributed by atoms with Crippen molar-refractivity contribution in [3.05, 3.63) is 35.9 Å². The molecule has 0 aromatic heterocycles. The molecular formula is C18H24O5. The van der Waals surface area contributed by atoms with Gasteiger partial charge in [0.2, 0.25) is 0 Å². The molecule has 1 aliphatic heterocycles. The summed E-state index contributed by atoms with van der Waals surface area (Å²) in [5, 5.41) is 0. The molecule has 2 rings (SSSR count). The molecule has 0 radical (unpaired) electrons. The molecule has 1 heterocycles. The fraction of sp³-hybridized carbons (Fsp3) is 0.556. The average Bonchev–Trinajstić information content (AvgIpc) is 3.12. The number of methoxy groups -OCH3 is 2. The van der Waals surface area contributed by atoms with E-state index in [4.69, 9.17) is 14.2 Å². The van der Waals surface area contributed by atoms with Gasteiger partial charge in [-0.2, -0.15) is 0 Å². The Labute approximate surface area is 136 Å². The molecule has 1 aliphatic rings. The van der Waals surface area contributed by atoms with Crippen LogP contribution in [0.15, 0.2) is 30.3 Å². The van der Waals surface area contributed by atoms with Crippen LogP contribution in [0.2, 0.25) is 0 Å². The van der Waals surface area contributed by atoms with Gasteiger partial charge in [0, 0.05) is 12.5 Å². The third-order valence-electron chi connectivity index (χ3n) is 4.68. The van der Waals surface area contributed by atoms with E-state index in [2.05, 4.69) is 0 Å². The Balaban J connectivity index is 2.60. The van der Waals surface area contributed by atoms with Crippen LogP contribution < -0.4 is 0 Å². The number of carbonyl (C=O) groups excluding carboxylic acids is 2. The molecule has 1 fully saturated rings. The Kier molecular flexibility index (Phi) is 5.77. The summed E-state index contributed by atoms with van der Waals surface area (Å²) in [6.07, 6.45) is 1.78. The molecule has 1 aromatic rings. The molecule has 1 saturated heterocycles. The SMILES string of the molecule is CCC(C(=O)OC)(C(=O)OC)C(c1ccccc1)C1CCCO1. The monoisotopic (exact) mass is 320 g/mol. The van der Waals surface area contributed by atoms with E-state index in [1.54, 1.807) is 6.92 Å². The maximum Gasteiger partial charge on any atom is 0.323 e. The fourth-order valence-electron chi connectivity index (χ4n) is 3.55. The molecule has 5 nitrogen and oxygen atoms in total. The first-order valence-corrected chi connectivity index (χ1v) is 7.95. The van der Waals surface area contributed by atoms with E-state index in [9.17, 15) is 9.59 Å². The normalized spacial score (nSPS) is 19.2. The van der Waals surface area contributed by atoms with Crippen molar-refractivity contribution in [1.82, 2.24) is 0 Å². The highest BCUT2D eigenvalue weighted by Gasteiger charge is 2.56. The summed E-state index contributed by atoms with van der Waals surface area (Å²) in [4.78, 5) is 25.3. The smallest absolute Gasteiger partial charge is 0.323 e. The van der Waals surface area contributed by atoms with E-state index in [1.165, 1.54) is 14.2 Å². The van der Waals surface area contributed by atoms with Gasteiger partial charge in [-0.1, -0.05) is 37.3 Å². The van der Waals surface area contributed by atoms with Crippen LogP contribution >= 0.6 is 0 Å². The Hall–Kier alpha value is -1.88. The van der Waals surface area contributed by atoms with Crippen molar-refractivity contribution in [1.29, 1.82) is 0 Å². The van der Waals surface area contributed by atoms with Crippen LogP contribution in [0.1, 0.15) is 37.7 Å². The topological polar surface area (TPSA) is 61.8 Å². The first-order valence-electron chi connectivity index (χ1n) is 7.95. The van der Waals surface area contributed by atoms with E-state index < -0.39 is 23.3 Å². The van der Waals surface area contributed by atoms with Crippen molar-refractivity contribution in [2.75, 3.05) is 20.8 Å². The van der Waals surface area contributed by atoms with Gasteiger partial charge >= 0.3 is 11.9 Å². The van der Waals surface area contributed by atoms with E-state index >= 15 is 0 Å². The highest BCUT2D eigenvalue weighted by Crippen LogP contribution is 2.46. The zero-order valence-electron chi connectivity index (χ0n) is 13.9. The number of rotatable bonds is 6. The second-order valence-electron chi connectivity index (χ2n) is 5.75. The van der Waals surface area contributed by atoms with E-state index in [0.717, 1.165) is 18.4 Å². The Morgan fingerprint density at radius 3 is 2.26 bits per heavy atom. The predicted octanol–water partition coefficient (Wildman–Crippen LogP) is 2.69. The third kappa shape index (κ3) is 3.11. The third-order valence-corrected chi connectivity index (χ3v) is 4.68. The summed E-state index contributed by atoms with van der Waals surface area (Å²) in [5.41, 5.74) is -0.517. The number of esters is 2. The lowest BCUT2D eigenvalue weighted by atomic mass is 9.67. The Morgan fingerprint density at radius 2 is 1.83 bits per heavy atom. The molecule has 0 spiro atoms. The van der Waals surface area contributed by atoms with Crippen molar-refractivity contribution in [3.8, 4) is 0 Å². The number of hydrogen-bond donors (Lipinski definition) is 0. The second kappa shape index (κ2) is 7.59. The molecule has 23 heavy (non-hydrogen) atoms. The van der Waals surface area contributed by atoms with E-state index in [1.807, 2.05) is 30.3 Å². The summed E-state index contributed by atoms with van der Waals surface area (Å²) < 4.78 is 15.8. The molecule has 0 amide bonds. The number of ether oxygens (including phenoxy) is 3. The molecule has 0 N–H and O–H groups in total. The molecule has 126 valence electrons. The zero-order valence-corrected chi connectivity index (χ0v) is 13.9. The Bertz CT molecular complexity index is 518. The standard InChI is InChI=1S/C18H24O5/c1-4-18(16(19)21-2,17(20)22-3)15(14-11-8-12-23-14)13-9-6-5-7-10-13/h5-7,9-10,14-15H,4,8,11-12H2,1-3H3. The quantitative estimate of drug-likeness (QED) is 0.596. The van der Waals surface area contributed by atoms with Crippen molar-refractivity contribution in [2.24, 2.45) is 5.41 Å². The maximum absolute atomic E-state index is 12.7. The number of hydrogen-bond acceptors (Lipinski definition) is 5. The fourth-order valence-corrected chi connectivity index (χ4v) is 3.55. The summed E-state index contributed by atoms with van der Waals surface area (Å²) in [6.45, 7) is 2.44. The van der Waals surface area contributed by atoms with Crippen LogP contribution in [-0.4, -0.2) is 38.9 Å². The minimum absolute atomic E-state index is 0.212. The van der Waals surface area contributed by atoms with Crippen LogP contribution in [0.5, 0.6) is 0 Å². The molecule has 1 aromatic carbocycles. The van der Waals surface area contributed by atoms with E-state index in [0.29, 0.717) is 6.61 Å². The minimum Gasteiger partial charge on any atom is -0.468 e. The highest BCUT2D eigenvalue weighted by atomic mass is 16.5. The van der Waals surface area contributed by atoms with Crippen molar-refractivity contribution >= 4 is 11.9 Å². The van der Waals surface area contributed by atoms with Crippen molar-refractivity contribution in [2.45, 2.75) is 38.2 Å². The van der Waals surface area contributed by atoms with Gasteiger partial charge in [-0.3, -0.25) is 9.59 Å². The molecule has 5 heteroatoms. The van der Waals surface area contributed by atoms with Gasteiger partial charge in [-0.15, -0.1) is 0 Å². The van der Waals surface area contributed by atoms with Gasteiger partial charge in [0.1, 0.15) is 0 Å². The predicted molar refractivity (Wildman–Crippen MR) is 84.9 cm³/mol. The van der Waals surface area contributed by atoms with Crippen LogP contribution in [0.3, 0.4) is 0 Å². The highest BCUT2D eigenvalue weighted by molar-refractivity contribution is 6.01. The zero-order chi connectivity index (χ0) is 16.9.